The maximum atomic E-state index is 14.0. The number of aryl methyl sites for hydroxylation is 1. The minimum Gasteiger partial charge on any atom is -0.479 e. The Labute approximate surface area is 177 Å². The molecule has 31 heavy (non-hydrogen) atoms. The molecular formula is C21H20FN7O2. The van der Waals surface area contributed by atoms with Crippen LogP contribution in [0.4, 0.5) is 4.39 Å². The van der Waals surface area contributed by atoms with Crippen LogP contribution in [0, 0.1) is 24.6 Å². The van der Waals surface area contributed by atoms with Crippen LogP contribution in [0.1, 0.15) is 28.4 Å². The van der Waals surface area contributed by atoms with E-state index in [1.54, 1.807) is 37.6 Å². The predicted octanol–water partition coefficient (Wildman–Crippen LogP) is 2.08. The quantitative estimate of drug-likeness (QED) is 0.636. The third-order valence-electron chi connectivity index (χ3n) is 5.77. The molecule has 0 bridgehead atoms. The van der Waals surface area contributed by atoms with Crippen LogP contribution < -0.4 is 4.74 Å². The molecule has 3 aromatic rings. The summed E-state index contributed by atoms with van der Waals surface area (Å²) in [4.78, 5) is 29.2. The fourth-order valence-electron chi connectivity index (χ4n) is 4.27. The summed E-state index contributed by atoms with van der Waals surface area (Å²) in [6, 6.07) is 3.53. The molecule has 2 atom stereocenters. The minimum absolute atomic E-state index is 0.0489. The number of aromatic nitrogens is 6. The number of methoxy groups -OCH3 is 1. The molecule has 3 aromatic heterocycles. The average molecular weight is 421 g/mol. The van der Waals surface area contributed by atoms with E-state index in [2.05, 4.69) is 31.2 Å². The van der Waals surface area contributed by atoms with E-state index >= 15 is 0 Å². The van der Waals surface area contributed by atoms with Gasteiger partial charge >= 0.3 is 0 Å². The first-order valence-electron chi connectivity index (χ1n) is 9.95. The van der Waals surface area contributed by atoms with Crippen molar-refractivity contribution in [3.63, 3.8) is 0 Å². The van der Waals surface area contributed by atoms with Gasteiger partial charge in [0.15, 0.2) is 11.5 Å². The van der Waals surface area contributed by atoms with Gasteiger partial charge in [-0.25, -0.2) is 9.97 Å². The summed E-state index contributed by atoms with van der Waals surface area (Å²) in [7, 11) is 1.39. The third-order valence-corrected chi connectivity index (χ3v) is 5.77. The number of pyridine rings is 1. The zero-order chi connectivity index (χ0) is 21.5. The van der Waals surface area contributed by atoms with Crippen molar-refractivity contribution in [2.24, 2.45) is 11.8 Å². The van der Waals surface area contributed by atoms with E-state index < -0.39 is 5.82 Å². The molecule has 1 aliphatic carbocycles. The van der Waals surface area contributed by atoms with Crippen LogP contribution in [0.2, 0.25) is 0 Å². The molecule has 1 saturated heterocycles. The molecule has 1 aliphatic heterocycles. The number of halogens is 1. The number of hydrogen-bond donors (Lipinski definition) is 0. The first-order valence-corrected chi connectivity index (χ1v) is 9.95. The van der Waals surface area contributed by atoms with E-state index in [0.29, 0.717) is 30.3 Å². The second-order valence-electron chi connectivity index (χ2n) is 7.68. The SMILES string of the molecule is COc1nc(C2=CC3CN(C(=O)c4ncccc4-n4nccn4)CC3C2)nc(C)c1F. The highest BCUT2D eigenvalue weighted by molar-refractivity contribution is 5.96. The summed E-state index contributed by atoms with van der Waals surface area (Å²) in [6.07, 6.45) is 7.53. The molecule has 10 heteroatoms. The summed E-state index contributed by atoms with van der Waals surface area (Å²) in [6.45, 7) is 2.77. The molecule has 0 N–H and O–H groups in total. The summed E-state index contributed by atoms with van der Waals surface area (Å²) in [5, 5.41) is 8.24. The highest BCUT2D eigenvalue weighted by Crippen LogP contribution is 2.41. The Hall–Kier alpha value is -3.69. The number of amides is 1. The van der Waals surface area contributed by atoms with Gasteiger partial charge in [0.05, 0.1) is 25.2 Å². The summed E-state index contributed by atoms with van der Waals surface area (Å²) >= 11 is 0. The van der Waals surface area contributed by atoms with Crippen LogP contribution in [-0.4, -0.2) is 61.0 Å². The Morgan fingerprint density at radius 1 is 1.19 bits per heavy atom. The standard InChI is InChI=1S/C21H20FN7O2/c1-12-17(22)20(31-2)27-19(26-12)13-8-14-10-28(11-15(14)9-13)21(30)18-16(4-3-5-23-18)29-24-6-7-25-29/h3-8,14-15H,9-11H2,1-2H3. The van der Waals surface area contributed by atoms with Gasteiger partial charge < -0.3 is 9.64 Å². The smallest absolute Gasteiger partial charge is 0.274 e. The zero-order valence-electron chi connectivity index (χ0n) is 17.1. The molecule has 158 valence electrons. The first kappa shape index (κ1) is 19.3. The van der Waals surface area contributed by atoms with E-state index in [4.69, 9.17) is 4.74 Å². The molecule has 1 fully saturated rings. The highest BCUT2D eigenvalue weighted by atomic mass is 19.1. The lowest BCUT2D eigenvalue weighted by Crippen LogP contribution is -2.31. The lowest BCUT2D eigenvalue weighted by Gasteiger charge is -2.18. The van der Waals surface area contributed by atoms with Crippen LogP contribution in [0.3, 0.4) is 0 Å². The van der Waals surface area contributed by atoms with Gasteiger partial charge in [-0.3, -0.25) is 4.79 Å². The normalized spacial score (nSPS) is 20.0. The van der Waals surface area contributed by atoms with E-state index in [9.17, 15) is 9.18 Å². The molecule has 0 spiro atoms. The number of likely N-dealkylation sites (tertiary alicyclic amines) is 1. The van der Waals surface area contributed by atoms with Gasteiger partial charge in [-0.2, -0.15) is 19.6 Å². The maximum absolute atomic E-state index is 14.0. The molecule has 0 aromatic carbocycles. The number of carbonyl (C=O) groups excluding carboxylic acids is 1. The number of nitrogens with zero attached hydrogens (tertiary/aromatic N) is 7. The lowest BCUT2D eigenvalue weighted by atomic mass is 10.00. The summed E-state index contributed by atoms with van der Waals surface area (Å²) in [5.74, 6) is 0.196. The Morgan fingerprint density at radius 2 is 2.00 bits per heavy atom. The lowest BCUT2D eigenvalue weighted by molar-refractivity contribution is 0.0778. The van der Waals surface area contributed by atoms with Gasteiger partial charge in [0.25, 0.3) is 11.8 Å². The van der Waals surface area contributed by atoms with Gasteiger partial charge in [0, 0.05) is 19.3 Å². The Balaban J connectivity index is 1.36. The van der Waals surface area contributed by atoms with E-state index in [0.717, 1.165) is 12.0 Å². The molecular weight excluding hydrogens is 401 g/mol. The van der Waals surface area contributed by atoms with Crippen molar-refractivity contribution in [3.8, 4) is 11.6 Å². The van der Waals surface area contributed by atoms with Crippen molar-refractivity contribution in [1.82, 2.24) is 34.8 Å². The van der Waals surface area contributed by atoms with Crippen LogP contribution in [0.25, 0.3) is 11.3 Å². The summed E-state index contributed by atoms with van der Waals surface area (Å²) in [5.41, 5.74) is 2.09. The van der Waals surface area contributed by atoms with Gasteiger partial charge in [-0.15, -0.1) is 4.80 Å². The van der Waals surface area contributed by atoms with Crippen LogP contribution in [0.15, 0.2) is 36.8 Å². The van der Waals surface area contributed by atoms with E-state index in [1.807, 2.05) is 4.90 Å². The van der Waals surface area contributed by atoms with Crippen molar-refractivity contribution in [3.05, 3.63) is 59.8 Å². The second-order valence-corrected chi connectivity index (χ2v) is 7.68. The molecule has 2 aliphatic rings. The van der Waals surface area contributed by atoms with Crippen LogP contribution in [-0.2, 0) is 0 Å². The number of carbonyl (C=O) groups is 1. The Bertz CT molecular complexity index is 1180. The predicted molar refractivity (Wildman–Crippen MR) is 108 cm³/mol. The Kier molecular flexibility index (Phi) is 4.68. The molecule has 0 saturated carbocycles. The topological polar surface area (TPSA) is 98.9 Å². The molecule has 4 heterocycles. The Morgan fingerprint density at radius 3 is 2.74 bits per heavy atom. The van der Waals surface area contributed by atoms with Crippen molar-refractivity contribution in [1.29, 1.82) is 0 Å². The number of rotatable bonds is 4. The fourth-order valence-corrected chi connectivity index (χ4v) is 4.27. The fraction of sp³-hybridized carbons (Fsp3) is 0.333. The number of ether oxygens (including phenoxy) is 1. The van der Waals surface area contributed by atoms with Gasteiger partial charge in [-0.05, 0) is 42.9 Å². The van der Waals surface area contributed by atoms with Gasteiger partial charge in [0.1, 0.15) is 5.69 Å². The van der Waals surface area contributed by atoms with Crippen LogP contribution >= 0.6 is 0 Å². The molecule has 1 amide bonds. The number of allylic oxidation sites excluding steroid dienone is 1. The van der Waals surface area contributed by atoms with E-state index in [1.165, 1.54) is 11.9 Å². The van der Waals surface area contributed by atoms with Gasteiger partial charge in [-0.1, -0.05) is 6.08 Å². The molecule has 0 radical (unpaired) electrons. The van der Waals surface area contributed by atoms with Crippen molar-refractivity contribution < 1.29 is 13.9 Å². The minimum atomic E-state index is -0.542. The number of fused-ring (bicyclic) bond motifs is 1. The van der Waals surface area contributed by atoms with Crippen molar-refractivity contribution in [2.45, 2.75) is 13.3 Å². The molecule has 5 rings (SSSR count). The van der Waals surface area contributed by atoms with Crippen molar-refractivity contribution in [2.75, 3.05) is 20.2 Å². The number of hydrogen-bond acceptors (Lipinski definition) is 7. The largest absolute Gasteiger partial charge is 0.479 e. The molecule has 2 unspecified atom stereocenters. The summed E-state index contributed by atoms with van der Waals surface area (Å²) < 4.78 is 19.0. The second kappa shape index (κ2) is 7.53. The molecule has 9 nitrogen and oxygen atoms in total. The van der Waals surface area contributed by atoms with Gasteiger partial charge in [0.2, 0.25) is 5.82 Å². The highest BCUT2D eigenvalue weighted by Gasteiger charge is 2.40. The van der Waals surface area contributed by atoms with Crippen molar-refractivity contribution >= 4 is 11.5 Å². The maximum Gasteiger partial charge on any atom is 0.274 e. The van der Waals surface area contributed by atoms with E-state index in [-0.39, 0.29) is 29.3 Å². The third kappa shape index (κ3) is 3.33. The monoisotopic (exact) mass is 421 g/mol. The average Bonchev–Trinajstić information content (AvgIpc) is 3.51. The zero-order valence-corrected chi connectivity index (χ0v) is 17.1. The van der Waals surface area contributed by atoms with Crippen LogP contribution in [0.5, 0.6) is 5.88 Å². The first-order chi connectivity index (χ1) is 15.0.